The number of hydrogen-bond acceptors (Lipinski definition) is 5. The zero-order chi connectivity index (χ0) is 24.1. The molecule has 0 radical (unpaired) electrons. The minimum absolute atomic E-state index is 0.0565. The third-order valence-corrected chi connectivity index (χ3v) is 9.08. The molecule has 2 aromatic carbocycles. The van der Waals surface area contributed by atoms with Crippen LogP contribution in [0.1, 0.15) is 60.1 Å². The largest absolute Gasteiger partial charge is 0.321 e. The number of likely N-dealkylation sites (tertiary alicyclic amines) is 1. The van der Waals surface area contributed by atoms with E-state index in [1.54, 1.807) is 24.5 Å². The van der Waals surface area contributed by atoms with Crippen LogP contribution in [0.5, 0.6) is 0 Å². The number of carbonyl (C=O) groups is 1. The van der Waals surface area contributed by atoms with Gasteiger partial charge >= 0.3 is 0 Å². The van der Waals surface area contributed by atoms with Crippen molar-refractivity contribution in [3.63, 3.8) is 0 Å². The first-order chi connectivity index (χ1) is 16.2. The lowest BCUT2D eigenvalue weighted by Crippen LogP contribution is -2.52. The van der Waals surface area contributed by atoms with Crippen LogP contribution in [0.2, 0.25) is 0 Å². The molecule has 2 heterocycles. The summed E-state index contributed by atoms with van der Waals surface area (Å²) in [5.41, 5.74) is 9.43. The Bertz CT molecular complexity index is 1310. The Morgan fingerprint density at radius 1 is 1.15 bits per heavy atom. The number of likely N-dealkylation sites (N-methyl/N-ethyl adjacent to an activating group) is 1. The first kappa shape index (κ1) is 22.5. The number of nitrogens with one attached hydrogen (secondary N) is 1. The highest BCUT2D eigenvalue weighted by atomic mass is 32.1. The summed E-state index contributed by atoms with van der Waals surface area (Å²) >= 11 is 1.64. The van der Waals surface area contributed by atoms with Gasteiger partial charge in [-0.05, 0) is 60.2 Å². The SMILES string of the molecule is CN1C(=N)C[C@](C)(c2ccc(-c3cccc(C#N)c3)s2)C(c2ccc(C3(N)CCC3)cc2)C1=O. The van der Waals surface area contributed by atoms with Gasteiger partial charge < -0.3 is 10.6 Å². The minimum Gasteiger partial charge on any atom is -0.321 e. The molecule has 1 aliphatic heterocycles. The molecule has 1 saturated heterocycles. The van der Waals surface area contributed by atoms with Crippen LogP contribution in [0.15, 0.2) is 60.7 Å². The first-order valence-electron chi connectivity index (χ1n) is 11.6. The Morgan fingerprint density at radius 3 is 2.53 bits per heavy atom. The number of rotatable bonds is 4. The van der Waals surface area contributed by atoms with Crippen molar-refractivity contribution in [1.82, 2.24) is 4.90 Å². The molecule has 0 bridgehead atoms. The number of amides is 1. The summed E-state index contributed by atoms with van der Waals surface area (Å²) < 4.78 is 0. The second-order valence-corrected chi connectivity index (χ2v) is 10.9. The predicted octanol–water partition coefficient (Wildman–Crippen LogP) is 5.51. The molecule has 3 N–H and O–H groups in total. The Hall–Kier alpha value is -3.27. The molecular weight excluding hydrogens is 440 g/mol. The van der Waals surface area contributed by atoms with Gasteiger partial charge in [-0.3, -0.25) is 10.2 Å². The Labute approximate surface area is 204 Å². The Kier molecular flexibility index (Phi) is 5.43. The number of benzene rings is 2. The predicted molar refractivity (Wildman–Crippen MR) is 136 cm³/mol. The smallest absolute Gasteiger partial charge is 0.236 e. The average Bonchev–Trinajstić information content (AvgIpc) is 3.33. The summed E-state index contributed by atoms with van der Waals surface area (Å²) in [6.45, 7) is 2.10. The number of nitrogens with two attached hydrogens (primary N) is 1. The van der Waals surface area contributed by atoms with E-state index in [1.165, 1.54) is 4.90 Å². The third-order valence-electron chi connectivity index (χ3n) is 7.66. The topological polar surface area (TPSA) is 94.0 Å². The maximum Gasteiger partial charge on any atom is 0.236 e. The van der Waals surface area contributed by atoms with E-state index >= 15 is 0 Å². The molecule has 6 heteroatoms. The lowest BCUT2D eigenvalue weighted by atomic mass is 9.66. The maximum absolute atomic E-state index is 13.6. The van der Waals surface area contributed by atoms with E-state index in [4.69, 9.17) is 11.1 Å². The van der Waals surface area contributed by atoms with Crippen molar-refractivity contribution in [1.29, 1.82) is 10.7 Å². The van der Waals surface area contributed by atoms with Crippen LogP contribution in [0.25, 0.3) is 10.4 Å². The van der Waals surface area contributed by atoms with Gasteiger partial charge in [0.1, 0.15) is 5.84 Å². The summed E-state index contributed by atoms with van der Waals surface area (Å²) in [5, 5.41) is 17.8. The fourth-order valence-electron chi connectivity index (χ4n) is 5.30. The number of piperidine rings is 1. The van der Waals surface area contributed by atoms with E-state index in [-0.39, 0.29) is 11.4 Å². The van der Waals surface area contributed by atoms with Crippen molar-refractivity contribution in [2.24, 2.45) is 5.73 Å². The van der Waals surface area contributed by atoms with Crippen molar-refractivity contribution in [2.45, 2.75) is 49.5 Å². The van der Waals surface area contributed by atoms with E-state index in [0.29, 0.717) is 17.8 Å². The minimum atomic E-state index is -0.547. The van der Waals surface area contributed by atoms with Crippen molar-refractivity contribution < 1.29 is 4.79 Å². The second kappa shape index (κ2) is 8.19. The van der Waals surface area contributed by atoms with Crippen molar-refractivity contribution in [2.75, 3.05) is 7.05 Å². The fourth-order valence-corrected chi connectivity index (χ4v) is 6.48. The molecule has 0 spiro atoms. The zero-order valence-electron chi connectivity index (χ0n) is 19.5. The average molecular weight is 469 g/mol. The molecule has 3 aromatic rings. The summed E-state index contributed by atoms with van der Waals surface area (Å²) in [5.74, 6) is -0.121. The molecule has 1 saturated carbocycles. The van der Waals surface area contributed by atoms with Gasteiger partial charge in [-0.15, -0.1) is 11.3 Å². The third kappa shape index (κ3) is 3.56. The quantitative estimate of drug-likeness (QED) is 0.529. The molecule has 2 fully saturated rings. The molecule has 2 aliphatic rings. The number of amidine groups is 1. The van der Waals surface area contributed by atoms with Crippen molar-refractivity contribution in [3.8, 4) is 16.5 Å². The summed E-state index contributed by atoms with van der Waals surface area (Å²) in [4.78, 5) is 17.2. The zero-order valence-corrected chi connectivity index (χ0v) is 20.3. The normalized spacial score (nSPS) is 23.9. The van der Waals surface area contributed by atoms with E-state index in [1.807, 2.05) is 18.2 Å². The van der Waals surface area contributed by atoms with Crippen LogP contribution in [0.3, 0.4) is 0 Å². The van der Waals surface area contributed by atoms with Gasteiger partial charge in [0.15, 0.2) is 0 Å². The van der Waals surface area contributed by atoms with Crippen LogP contribution >= 0.6 is 11.3 Å². The molecule has 34 heavy (non-hydrogen) atoms. The fraction of sp³-hybridized carbons (Fsp3) is 0.321. The summed E-state index contributed by atoms with van der Waals surface area (Å²) in [6, 6.07) is 22.2. The van der Waals surface area contributed by atoms with Gasteiger partial charge in [-0.25, -0.2) is 0 Å². The van der Waals surface area contributed by atoms with Gasteiger partial charge in [-0.2, -0.15) is 5.26 Å². The lowest BCUT2D eigenvalue weighted by Gasteiger charge is -2.44. The van der Waals surface area contributed by atoms with Crippen LogP contribution in [0, 0.1) is 16.7 Å². The standard InChI is InChI=1S/C28H28N4OS/c1-27(23-12-11-22(34-23)20-6-3-5-18(15-20)17-29)16-24(30)32(2)26(33)25(27)19-7-9-21(10-8-19)28(31)13-4-14-28/h3,5-12,15,25,30H,4,13-14,16,31H2,1-2H3/t25?,27-/m1/s1. The monoisotopic (exact) mass is 468 g/mol. The number of hydrogen-bond donors (Lipinski definition) is 2. The number of nitriles is 1. The Balaban J connectivity index is 1.55. The van der Waals surface area contributed by atoms with Gasteiger partial charge in [0.05, 0.1) is 17.6 Å². The molecule has 1 aromatic heterocycles. The molecule has 1 amide bonds. The van der Waals surface area contributed by atoms with Crippen LogP contribution in [0.4, 0.5) is 0 Å². The molecule has 1 aliphatic carbocycles. The van der Waals surface area contributed by atoms with Crippen LogP contribution in [-0.4, -0.2) is 23.7 Å². The van der Waals surface area contributed by atoms with Gasteiger partial charge in [0, 0.05) is 34.2 Å². The van der Waals surface area contributed by atoms with Crippen LogP contribution < -0.4 is 5.73 Å². The van der Waals surface area contributed by atoms with Gasteiger partial charge in [0.2, 0.25) is 5.91 Å². The molecule has 172 valence electrons. The first-order valence-corrected chi connectivity index (χ1v) is 12.4. The summed E-state index contributed by atoms with van der Waals surface area (Å²) in [7, 11) is 1.70. The van der Waals surface area contributed by atoms with E-state index in [9.17, 15) is 10.1 Å². The number of nitrogens with zero attached hydrogens (tertiary/aromatic N) is 2. The highest BCUT2D eigenvalue weighted by molar-refractivity contribution is 7.15. The molecular formula is C28H28N4OS. The summed E-state index contributed by atoms with van der Waals surface area (Å²) in [6.07, 6.45) is 3.62. The van der Waals surface area contributed by atoms with Gasteiger partial charge in [0.25, 0.3) is 0 Å². The van der Waals surface area contributed by atoms with E-state index in [2.05, 4.69) is 49.4 Å². The molecule has 5 rings (SSSR count). The number of carbonyl (C=O) groups excluding carboxylic acids is 1. The second-order valence-electron chi connectivity index (χ2n) is 9.86. The Morgan fingerprint density at radius 2 is 1.88 bits per heavy atom. The van der Waals surface area contributed by atoms with E-state index in [0.717, 1.165) is 45.7 Å². The van der Waals surface area contributed by atoms with E-state index < -0.39 is 11.3 Å². The molecule has 5 nitrogen and oxygen atoms in total. The molecule has 1 unspecified atom stereocenters. The lowest BCUT2D eigenvalue weighted by molar-refractivity contribution is -0.131. The maximum atomic E-state index is 13.6. The highest BCUT2D eigenvalue weighted by Crippen LogP contribution is 2.50. The number of thiophene rings is 1. The van der Waals surface area contributed by atoms with Gasteiger partial charge in [-0.1, -0.05) is 43.3 Å². The highest BCUT2D eigenvalue weighted by Gasteiger charge is 2.49. The molecule has 2 atom stereocenters. The van der Waals surface area contributed by atoms with Crippen molar-refractivity contribution >= 4 is 23.1 Å². The van der Waals surface area contributed by atoms with Crippen LogP contribution in [-0.2, 0) is 15.7 Å². The van der Waals surface area contributed by atoms with Crippen molar-refractivity contribution in [3.05, 3.63) is 82.2 Å².